The molecule has 0 aromatic carbocycles. The standard InChI is InChI=1S/C45H79O13P/c1-3-5-7-9-11-13-15-17-19-21-23-25-27-29-31-33-38(46)55-35-37(36-56-59(53,54)58-45-43(51)41(49)40(48)42(50)44(45)52)57-39(47)34-32-30-28-26-24-22-20-18-16-14-12-10-8-6-4-2/h6,8,12,14,17-20,37,40-45,48-52H,3-5,7,9-11,13,15-16,21-36H2,1-2H3,(H,53,54)/p-1/b8-6-,14-12-,19-17-,20-18-/t37-,40?,41-,42+,43-,44-,45?/m1/s1. The van der Waals surface area contributed by atoms with Crippen LogP contribution >= 0.6 is 7.82 Å². The first-order chi connectivity index (χ1) is 28.4. The molecule has 1 fully saturated rings. The first-order valence-electron chi connectivity index (χ1n) is 22.4. The van der Waals surface area contributed by atoms with Gasteiger partial charge >= 0.3 is 11.9 Å². The van der Waals surface area contributed by atoms with Crippen LogP contribution in [0.2, 0.25) is 0 Å². The van der Waals surface area contributed by atoms with Gasteiger partial charge in [0.25, 0.3) is 7.82 Å². The first kappa shape index (κ1) is 54.8. The van der Waals surface area contributed by atoms with Crippen molar-refractivity contribution in [3.8, 4) is 0 Å². The molecule has 0 amide bonds. The molecule has 1 aliphatic rings. The highest BCUT2D eigenvalue weighted by atomic mass is 31.2. The van der Waals surface area contributed by atoms with Crippen LogP contribution in [-0.4, -0.2) is 93.4 Å². The van der Waals surface area contributed by atoms with Crippen LogP contribution in [0.1, 0.15) is 168 Å². The maximum Gasteiger partial charge on any atom is 0.306 e. The highest BCUT2D eigenvalue weighted by Gasteiger charge is 2.50. The summed E-state index contributed by atoms with van der Waals surface area (Å²) in [6, 6.07) is 0. The van der Waals surface area contributed by atoms with Gasteiger partial charge in [-0.1, -0.05) is 133 Å². The van der Waals surface area contributed by atoms with Crippen molar-refractivity contribution >= 4 is 19.8 Å². The van der Waals surface area contributed by atoms with E-state index in [-0.39, 0.29) is 12.8 Å². The van der Waals surface area contributed by atoms with Crippen molar-refractivity contribution in [1.29, 1.82) is 0 Å². The SMILES string of the molecule is CC/C=C\C/C=C\C/C=C\CCCCCCCC(=O)O[C@H](COC(=O)CCCCCCC/C=C\CCCCCCCC)COP(=O)([O-])OC1[C@H](O)[C@H](O)C(O)[C@H](O)[C@H]1O. The fraction of sp³-hybridized carbons (Fsp3) is 0.778. The minimum Gasteiger partial charge on any atom is -0.756 e. The third kappa shape index (κ3) is 28.1. The van der Waals surface area contributed by atoms with Crippen LogP contribution in [0.15, 0.2) is 48.6 Å². The van der Waals surface area contributed by atoms with E-state index in [1.165, 1.54) is 38.5 Å². The van der Waals surface area contributed by atoms with Gasteiger partial charge < -0.3 is 48.9 Å². The van der Waals surface area contributed by atoms with Crippen molar-refractivity contribution in [2.24, 2.45) is 0 Å². The van der Waals surface area contributed by atoms with E-state index >= 15 is 0 Å². The third-order valence-corrected chi connectivity index (χ3v) is 11.1. The third-order valence-electron chi connectivity index (χ3n) is 10.1. The van der Waals surface area contributed by atoms with Gasteiger partial charge in [0, 0.05) is 12.8 Å². The Morgan fingerprint density at radius 2 is 0.983 bits per heavy atom. The molecule has 59 heavy (non-hydrogen) atoms. The summed E-state index contributed by atoms with van der Waals surface area (Å²) >= 11 is 0. The lowest BCUT2D eigenvalue weighted by Gasteiger charge is -2.43. The van der Waals surface area contributed by atoms with Gasteiger partial charge in [-0.15, -0.1) is 0 Å². The molecule has 5 N–H and O–H groups in total. The van der Waals surface area contributed by atoms with Crippen molar-refractivity contribution in [2.75, 3.05) is 13.2 Å². The van der Waals surface area contributed by atoms with Crippen molar-refractivity contribution < 1.29 is 63.1 Å². The molecular formula is C45H78O13P-. The van der Waals surface area contributed by atoms with Gasteiger partial charge in [-0.25, -0.2) is 0 Å². The van der Waals surface area contributed by atoms with Crippen LogP contribution in [0, 0.1) is 0 Å². The number of aliphatic hydroxyl groups excluding tert-OH is 5. The predicted octanol–water partition coefficient (Wildman–Crippen LogP) is 7.76. The molecule has 342 valence electrons. The molecule has 0 aromatic heterocycles. The summed E-state index contributed by atoms with van der Waals surface area (Å²) in [5.74, 6) is -1.17. The largest absolute Gasteiger partial charge is 0.756 e. The van der Waals surface area contributed by atoms with E-state index in [1.807, 2.05) is 0 Å². The van der Waals surface area contributed by atoms with Crippen molar-refractivity contribution in [3.63, 3.8) is 0 Å². The number of ether oxygens (including phenoxy) is 2. The maximum absolute atomic E-state index is 12.7. The molecule has 0 aliphatic heterocycles. The van der Waals surface area contributed by atoms with E-state index in [2.05, 4.69) is 62.5 Å². The Morgan fingerprint density at radius 1 is 0.559 bits per heavy atom. The fourth-order valence-corrected chi connectivity index (χ4v) is 7.48. The Kier molecular flexibility index (Phi) is 32.9. The molecule has 13 nitrogen and oxygen atoms in total. The number of carbonyl (C=O) groups excluding carboxylic acids is 2. The van der Waals surface area contributed by atoms with Crippen molar-refractivity contribution in [3.05, 3.63) is 48.6 Å². The fourth-order valence-electron chi connectivity index (χ4n) is 6.52. The molecule has 0 spiro atoms. The number of hydrogen-bond donors (Lipinski definition) is 5. The number of aliphatic hydroxyl groups is 5. The normalized spacial score (nSPS) is 22.8. The Balaban J connectivity index is 2.49. The molecule has 0 heterocycles. The number of carbonyl (C=O) groups is 2. The summed E-state index contributed by atoms with van der Waals surface area (Å²) in [6.45, 7) is 3.06. The molecule has 0 bridgehead atoms. The average molecular weight is 858 g/mol. The Labute approximate surface area is 354 Å². The number of allylic oxidation sites excluding steroid dienone is 8. The molecule has 1 aliphatic carbocycles. The molecular weight excluding hydrogens is 779 g/mol. The number of unbranched alkanes of at least 4 members (excludes halogenated alkanes) is 16. The lowest BCUT2D eigenvalue weighted by molar-refractivity contribution is -0.261. The summed E-state index contributed by atoms with van der Waals surface area (Å²) < 4.78 is 33.1. The van der Waals surface area contributed by atoms with Gasteiger partial charge in [0.1, 0.15) is 43.2 Å². The second-order valence-corrected chi connectivity index (χ2v) is 16.9. The van der Waals surface area contributed by atoms with E-state index in [4.69, 9.17) is 18.5 Å². The van der Waals surface area contributed by atoms with E-state index in [9.17, 15) is 44.6 Å². The Hall–Kier alpha value is -2.19. The predicted molar refractivity (Wildman–Crippen MR) is 228 cm³/mol. The van der Waals surface area contributed by atoms with Gasteiger partial charge in [0.05, 0.1) is 6.61 Å². The minimum absolute atomic E-state index is 0.0587. The molecule has 14 heteroatoms. The van der Waals surface area contributed by atoms with E-state index in [0.717, 1.165) is 89.9 Å². The number of rotatable bonds is 36. The highest BCUT2D eigenvalue weighted by Crippen LogP contribution is 2.43. The summed E-state index contributed by atoms with van der Waals surface area (Å²) in [5, 5.41) is 50.0. The van der Waals surface area contributed by atoms with Gasteiger partial charge in [0.2, 0.25) is 0 Å². The van der Waals surface area contributed by atoms with Crippen LogP contribution in [-0.2, 0) is 32.7 Å². The second kappa shape index (κ2) is 35.4. The summed E-state index contributed by atoms with van der Waals surface area (Å²) in [6.07, 6.45) is 26.9. The Morgan fingerprint density at radius 3 is 1.51 bits per heavy atom. The molecule has 0 saturated heterocycles. The zero-order chi connectivity index (χ0) is 43.6. The van der Waals surface area contributed by atoms with Crippen molar-refractivity contribution in [2.45, 2.75) is 211 Å². The average Bonchev–Trinajstić information content (AvgIpc) is 3.21. The highest BCUT2D eigenvalue weighted by molar-refractivity contribution is 7.45. The van der Waals surface area contributed by atoms with Gasteiger partial charge in [0.15, 0.2) is 6.10 Å². The smallest absolute Gasteiger partial charge is 0.306 e. The summed E-state index contributed by atoms with van der Waals surface area (Å²) in [7, 11) is -5.37. The molecule has 3 unspecified atom stereocenters. The van der Waals surface area contributed by atoms with Crippen LogP contribution in [0.5, 0.6) is 0 Å². The minimum atomic E-state index is -5.37. The number of phosphoric ester groups is 1. The van der Waals surface area contributed by atoms with Crippen molar-refractivity contribution in [1.82, 2.24) is 0 Å². The van der Waals surface area contributed by atoms with E-state index < -0.39 is 75.7 Å². The second-order valence-electron chi connectivity index (χ2n) is 15.5. The topological polar surface area (TPSA) is 212 Å². The molecule has 8 atom stereocenters. The van der Waals surface area contributed by atoms with E-state index in [0.29, 0.717) is 12.8 Å². The number of phosphoric acid groups is 1. The van der Waals surface area contributed by atoms with Crippen LogP contribution in [0.3, 0.4) is 0 Å². The number of esters is 2. The lowest BCUT2D eigenvalue weighted by atomic mass is 9.85. The van der Waals surface area contributed by atoms with Crippen LogP contribution in [0.4, 0.5) is 0 Å². The molecule has 1 rings (SSSR count). The first-order valence-corrected chi connectivity index (χ1v) is 23.9. The van der Waals surface area contributed by atoms with E-state index in [1.54, 1.807) is 0 Å². The lowest BCUT2D eigenvalue weighted by Crippen LogP contribution is -2.64. The van der Waals surface area contributed by atoms with Crippen LogP contribution < -0.4 is 4.89 Å². The van der Waals surface area contributed by atoms with Crippen LogP contribution in [0.25, 0.3) is 0 Å². The Bertz CT molecular complexity index is 1220. The maximum atomic E-state index is 12.7. The quantitative estimate of drug-likeness (QED) is 0.0177. The summed E-state index contributed by atoms with van der Waals surface area (Å²) in [5.41, 5.74) is 0. The molecule has 0 radical (unpaired) electrons. The van der Waals surface area contributed by atoms with Gasteiger partial charge in [-0.2, -0.15) is 0 Å². The molecule has 0 aromatic rings. The summed E-state index contributed by atoms with van der Waals surface area (Å²) in [4.78, 5) is 37.9. The zero-order valence-corrected chi connectivity index (χ0v) is 36.9. The monoisotopic (exact) mass is 858 g/mol. The molecule has 1 saturated carbocycles. The zero-order valence-electron chi connectivity index (χ0n) is 36.0. The van der Waals surface area contributed by atoms with Gasteiger partial charge in [-0.3, -0.25) is 14.2 Å². The number of hydrogen-bond acceptors (Lipinski definition) is 13. The van der Waals surface area contributed by atoms with Gasteiger partial charge in [-0.05, 0) is 70.6 Å².